The Balaban J connectivity index is 2.66. The van der Waals surface area contributed by atoms with Crippen LogP contribution in [0.25, 0.3) is 0 Å². The molecule has 1 unspecified atom stereocenters. The second-order valence-electron chi connectivity index (χ2n) is 4.29. The van der Waals surface area contributed by atoms with Crippen LogP contribution in [-0.2, 0) is 6.42 Å². The average Bonchev–Trinajstić information content (AvgIpc) is 2.23. The van der Waals surface area contributed by atoms with Crippen LogP contribution < -0.4 is 5.32 Å². The Kier molecular flexibility index (Phi) is 4.83. The molecule has 84 valence electrons. The number of hydrogen-bond donors (Lipinski definition) is 1. The van der Waals surface area contributed by atoms with Crippen molar-refractivity contribution in [3.05, 3.63) is 34.9 Å². The summed E-state index contributed by atoms with van der Waals surface area (Å²) < 4.78 is 0. The minimum atomic E-state index is 0.622. The number of aryl methyl sites for hydroxylation is 2. The van der Waals surface area contributed by atoms with Gasteiger partial charge in [-0.25, -0.2) is 0 Å². The van der Waals surface area contributed by atoms with E-state index in [2.05, 4.69) is 51.2 Å². The van der Waals surface area contributed by atoms with Crippen LogP contribution in [0.15, 0.2) is 18.2 Å². The molecule has 0 fully saturated rings. The summed E-state index contributed by atoms with van der Waals surface area (Å²) in [5.74, 6) is 0. The highest BCUT2D eigenvalue weighted by Gasteiger charge is 2.05. The van der Waals surface area contributed by atoms with Crippen molar-refractivity contribution in [1.82, 2.24) is 5.32 Å². The summed E-state index contributed by atoms with van der Waals surface area (Å²) in [5, 5.41) is 3.51. The summed E-state index contributed by atoms with van der Waals surface area (Å²) >= 11 is 0. The molecule has 0 radical (unpaired) electrons. The molecule has 0 aliphatic heterocycles. The Bertz CT molecular complexity index is 304. The van der Waals surface area contributed by atoms with Crippen LogP contribution in [-0.4, -0.2) is 12.6 Å². The van der Waals surface area contributed by atoms with Crippen molar-refractivity contribution in [2.24, 2.45) is 0 Å². The van der Waals surface area contributed by atoms with Gasteiger partial charge in [0.25, 0.3) is 0 Å². The van der Waals surface area contributed by atoms with Crippen molar-refractivity contribution < 1.29 is 0 Å². The number of likely N-dealkylation sites (N-methyl/N-ethyl adjacent to an activating group) is 1. The van der Waals surface area contributed by atoms with Gasteiger partial charge in [0.15, 0.2) is 0 Å². The fourth-order valence-corrected chi connectivity index (χ4v) is 1.86. The fourth-order valence-electron chi connectivity index (χ4n) is 1.86. The van der Waals surface area contributed by atoms with E-state index in [1.807, 2.05) is 0 Å². The van der Waals surface area contributed by atoms with E-state index in [1.165, 1.54) is 23.1 Å². The van der Waals surface area contributed by atoms with E-state index in [0.717, 1.165) is 13.0 Å². The van der Waals surface area contributed by atoms with Crippen LogP contribution in [0.1, 0.15) is 37.0 Å². The van der Waals surface area contributed by atoms with Gasteiger partial charge in [0.2, 0.25) is 0 Å². The minimum Gasteiger partial charge on any atom is -0.314 e. The maximum Gasteiger partial charge on any atom is 0.0105 e. The third-order valence-corrected chi connectivity index (χ3v) is 3.04. The van der Waals surface area contributed by atoms with Gasteiger partial charge < -0.3 is 5.32 Å². The van der Waals surface area contributed by atoms with Gasteiger partial charge >= 0.3 is 0 Å². The summed E-state index contributed by atoms with van der Waals surface area (Å²) in [6.07, 6.45) is 2.34. The molecule has 0 aromatic heterocycles. The first-order valence-electron chi connectivity index (χ1n) is 5.96. The highest BCUT2D eigenvalue weighted by Crippen LogP contribution is 2.12. The van der Waals surface area contributed by atoms with Crippen molar-refractivity contribution in [3.63, 3.8) is 0 Å². The van der Waals surface area contributed by atoms with Crippen LogP contribution in [0.4, 0.5) is 0 Å². The summed E-state index contributed by atoms with van der Waals surface area (Å²) in [5.41, 5.74) is 4.24. The molecule has 0 saturated heterocycles. The molecule has 0 saturated carbocycles. The SMILES string of the molecule is CCNC(CC)Cc1ccc(C)c(C)c1. The van der Waals surface area contributed by atoms with E-state index in [-0.39, 0.29) is 0 Å². The lowest BCUT2D eigenvalue weighted by atomic mass is 10.00. The lowest BCUT2D eigenvalue weighted by Gasteiger charge is -2.16. The number of nitrogens with one attached hydrogen (secondary N) is 1. The molecule has 1 aromatic carbocycles. The van der Waals surface area contributed by atoms with Gasteiger partial charge in [0.05, 0.1) is 0 Å². The molecule has 1 N–H and O–H groups in total. The van der Waals surface area contributed by atoms with Crippen LogP contribution in [0, 0.1) is 13.8 Å². The number of hydrogen-bond acceptors (Lipinski definition) is 1. The summed E-state index contributed by atoms with van der Waals surface area (Å²) in [6.45, 7) is 9.83. The molecular formula is C14H23N. The van der Waals surface area contributed by atoms with E-state index in [9.17, 15) is 0 Å². The van der Waals surface area contributed by atoms with Gasteiger partial charge in [0.1, 0.15) is 0 Å². The Labute approximate surface area is 93.9 Å². The predicted molar refractivity (Wildman–Crippen MR) is 67.4 cm³/mol. The van der Waals surface area contributed by atoms with E-state index in [4.69, 9.17) is 0 Å². The molecule has 1 atom stereocenters. The summed E-state index contributed by atoms with van der Waals surface area (Å²) in [6, 6.07) is 7.41. The molecule has 0 bridgehead atoms. The molecule has 0 heterocycles. The maximum absolute atomic E-state index is 3.51. The van der Waals surface area contributed by atoms with Crippen molar-refractivity contribution in [2.45, 2.75) is 46.6 Å². The molecule has 1 nitrogen and oxygen atoms in total. The van der Waals surface area contributed by atoms with Crippen LogP contribution in [0.5, 0.6) is 0 Å². The van der Waals surface area contributed by atoms with Gasteiger partial charge in [0, 0.05) is 6.04 Å². The number of rotatable bonds is 5. The predicted octanol–water partition coefficient (Wildman–Crippen LogP) is 3.23. The third kappa shape index (κ3) is 3.67. The highest BCUT2D eigenvalue weighted by molar-refractivity contribution is 5.30. The normalized spacial score (nSPS) is 12.8. The molecule has 1 rings (SSSR count). The molecule has 1 aromatic rings. The van der Waals surface area contributed by atoms with Crippen LogP contribution >= 0.6 is 0 Å². The van der Waals surface area contributed by atoms with Crippen molar-refractivity contribution >= 4 is 0 Å². The van der Waals surface area contributed by atoms with Gasteiger partial charge in [-0.1, -0.05) is 32.0 Å². The minimum absolute atomic E-state index is 0.622. The standard InChI is InChI=1S/C14H23N/c1-5-14(15-6-2)10-13-8-7-11(3)12(4)9-13/h7-9,14-15H,5-6,10H2,1-4H3. The van der Waals surface area contributed by atoms with Crippen molar-refractivity contribution in [2.75, 3.05) is 6.54 Å². The second-order valence-corrected chi connectivity index (χ2v) is 4.29. The molecule has 0 amide bonds. The van der Waals surface area contributed by atoms with Crippen LogP contribution in [0.2, 0.25) is 0 Å². The Hall–Kier alpha value is -0.820. The first-order valence-corrected chi connectivity index (χ1v) is 5.96. The first-order chi connectivity index (χ1) is 7.17. The zero-order chi connectivity index (χ0) is 11.3. The van der Waals surface area contributed by atoms with Gasteiger partial charge in [-0.05, 0) is 49.9 Å². The highest BCUT2D eigenvalue weighted by atomic mass is 14.9. The zero-order valence-corrected chi connectivity index (χ0v) is 10.4. The van der Waals surface area contributed by atoms with Crippen LogP contribution in [0.3, 0.4) is 0 Å². The fraction of sp³-hybridized carbons (Fsp3) is 0.571. The topological polar surface area (TPSA) is 12.0 Å². The van der Waals surface area contributed by atoms with E-state index in [1.54, 1.807) is 0 Å². The first kappa shape index (κ1) is 12.3. The van der Waals surface area contributed by atoms with E-state index >= 15 is 0 Å². The monoisotopic (exact) mass is 205 g/mol. The lowest BCUT2D eigenvalue weighted by molar-refractivity contribution is 0.510. The Morgan fingerprint density at radius 3 is 2.40 bits per heavy atom. The van der Waals surface area contributed by atoms with E-state index < -0.39 is 0 Å². The summed E-state index contributed by atoms with van der Waals surface area (Å²) in [7, 11) is 0. The molecular weight excluding hydrogens is 182 g/mol. The van der Waals surface area contributed by atoms with Crippen molar-refractivity contribution in [3.8, 4) is 0 Å². The Morgan fingerprint density at radius 2 is 1.87 bits per heavy atom. The molecule has 0 spiro atoms. The van der Waals surface area contributed by atoms with Gasteiger partial charge in [-0.3, -0.25) is 0 Å². The second kappa shape index (κ2) is 5.92. The molecule has 15 heavy (non-hydrogen) atoms. The largest absolute Gasteiger partial charge is 0.314 e. The summed E-state index contributed by atoms with van der Waals surface area (Å²) in [4.78, 5) is 0. The quantitative estimate of drug-likeness (QED) is 0.778. The molecule has 0 aliphatic carbocycles. The van der Waals surface area contributed by atoms with Crippen molar-refractivity contribution in [1.29, 1.82) is 0 Å². The third-order valence-electron chi connectivity index (χ3n) is 3.04. The lowest BCUT2D eigenvalue weighted by Crippen LogP contribution is -2.30. The smallest absolute Gasteiger partial charge is 0.0105 e. The van der Waals surface area contributed by atoms with Gasteiger partial charge in [-0.15, -0.1) is 0 Å². The van der Waals surface area contributed by atoms with Gasteiger partial charge in [-0.2, -0.15) is 0 Å². The zero-order valence-electron chi connectivity index (χ0n) is 10.4. The Morgan fingerprint density at radius 1 is 1.13 bits per heavy atom. The average molecular weight is 205 g/mol. The maximum atomic E-state index is 3.51. The molecule has 1 heteroatoms. The number of benzene rings is 1. The van der Waals surface area contributed by atoms with E-state index in [0.29, 0.717) is 6.04 Å². The molecule has 0 aliphatic rings.